The van der Waals surface area contributed by atoms with E-state index in [4.69, 9.17) is 0 Å². The Bertz CT molecular complexity index is 988. The largest absolute Gasteiger partial charge is 0.362 e. The molecule has 0 saturated heterocycles. The summed E-state index contributed by atoms with van der Waals surface area (Å²) in [6, 6.07) is 13.2. The first-order valence-electron chi connectivity index (χ1n) is 9.78. The van der Waals surface area contributed by atoms with Gasteiger partial charge in [0.2, 0.25) is 0 Å². The van der Waals surface area contributed by atoms with Crippen LogP contribution in [-0.2, 0) is 34.1 Å². The monoisotopic (exact) mass is 399 g/mol. The Morgan fingerprint density at radius 2 is 1.68 bits per heavy atom. The Balaban J connectivity index is 1.39. The predicted molar refractivity (Wildman–Crippen MR) is 109 cm³/mol. The Morgan fingerprint density at radius 1 is 0.929 bits per heavy atom. The van der Waals surface area contributed by atoms with E-state index < -0.39 is 10.0 Å². The SMILES string of the molecule is O=C(CN1CCCc2ccccc21)NNS(=O)(=O)c1ccc2c(c1)CCCC2. The quantitative estimate of drug-likeness (QED) is 0.757. The number of para-hydroxylation sites is 1. The molecule has 0 aromatic heterocycles. The fourth-order valence-electron chi connectivity index (χ4n) is 4.05. The molecule has 7 heteroatoms. The molecule has 0 atom stereocenters. The molecular formula is C21H25N3O3S. The number of benzene rings is 2. The molecule has 1 amide bonds. The smallest absolute Gasteiger partial charge is 0.257 e. The molecule has 4 rings (SSSR count). The minimum Gasteiger partial charge on any atom is -0.362 e. The van der Waals surface area contributed by atoms with E-state index in [2.05, 4.69) is 16.3 Å². The van der Waals surface area contributed by atoms with E-state index in [1.807, 2.05) is 29.2 Å². The number of hydrogen-bond donors (Lipinski definition) is 2. The highest BCUT2D eigenvalue weighted by molar-refractivity contribution is 7.89. The Hall–Kier alpha value is -2.38. The number of sulfonamides is 1. The van der Waals surface area contributed by atoms with Crippen LogP contribution in [0.15, 0.2) is 47.4 Å². The molecule has 2 aliphatic rings. The van der Waals surface area contributed by atoms with Gasteiger partial charge in [-0.05, 0) is 73.4 Å². The topological polar surface area (TPSA) is 78.5 Å². The van der Waals surface area contributed by atoms with Gasteiger partial charge in [-0.2, -0.15) is 0 Å². The van der Waals surface area contributed by atoms with Crippen molar-refractivity contribution in [1.82, 2.24) is 10.3 Å². The van der Waals surface area contributed by atoms with Gasteiger partial charge in [0.15, 0.2) is 0 Å². The molecule has 28 heavy (non-hydrogen) atoms. The van der Waals surface area contributed by atoms with Crippen molar-refractivity contribution in [3.8, 4) is 0 Å². The molecule has 0 saturated carbocycles. The standard InChI is InChI=1S/C21H25N3O3S/c25-21(15-24-13-5-9-17-7-3-4-10-20(17)24)22-23-28(26,27)19-12-11-16-6-1-2-8-18(16)14-19/h3-4,7,10-12,14,23H,1-2,5-6,8-9,13,15H2,(H,22,25). The summed E-state index contributed by atoms with van der Waals surface area (Å²) in [5.74, 6) is -0.377. The van der Waals surface area contributed by atoms with E-state index in [0.29, 0.717) is 0 Å². The first-order chi connectivity index (χ1) is 13.5. The lowest BCUT2D eigenvalue weighted by Crippen LogP contribution is -2.47. The predicted octanol–water partition coefficient (Wildman–Crippen LogP) is 2.33. The van der Waals surface area contributed by atoms with Crippen molar-refractivity contribution in [2.45, 2.75) is 43.4 Å². The maximum Gasteiger partial charge on any atom is 0.257 e. The lowest BCUT2D eigenvalue weighted by Gasteiger charge is -2.30. The lowest BCUT2D eigenvalue weighted by atomic mass is 9.92. The van der Waals surface area contributed by atoms with Crippen molar-refractivity contribution >= 4 is 21.6 Å². The van der Waals surface area contributed by atoms with Crippen LogP contribution in [0.1, 0.15) is 36.0 Å². The second-order valence-corrected chi connectivity index (χ2v) is 9.13. The third-order valence-electron chi connectivity index (χ3n) is 5.50. The van der Waals surface area contributed by atoms with Crippen molar-refractivity contribution in [1.29, 1.82) is 0 Å². The van der Waals surface area contributed by atoms with Crippen LogP contribution in [0.25, 0.3) is 0 Å². The number of carbonyl (C=O) groups is 1. The summed E-state index contributed by atoms with van der Waals surface area (Å²) in [4.78, 5) is 16.8. The number of hydrazine groups is 1. The van der Waals surface area contributed by atoms with Gasteiger partial charge in [0.25, 0.3) is 15.9 Å². The minimum atomic E-state index is -3.79. The van der Waals surface area contributed by atoms with Gasteiger partial charge in [-0.15, -0.1) is 4.83 Å². The number of nitrogens with one attached hydrogen (secondary N) is 2. The van der Waals surface area contributed by atoms with Gasteiger partial charge in [0, 0.05) is 12.2 Å². The molecule has 0 radical (unpaired) electrons. The number of hydrogen-bond acceptors (Lipinski definition) is 4. The normalized spacial score (nSPS) is 16.2. The molecule has 2 aromatic rings. The molecule has 2 N–H and O–H groups in total. The van der Waals surface area contributed by atoms with E-state index in [-0.39, 0.29) is 17.3 Å². The molecule has 0 spiro atoms. The van der Waals surface area contributed by atoms with Gasteiger partial charge >= 0.3 is 0 Å². The van der Waals surface area contributed by atoms with Crippen molar-refractivity contribution < 1.29 is 13.2 Å². The van der Waals surface area contributed by atoms with Crippen molar-refractivity contribution in [3.63, 3.8) is 0 Å². The molecule has 0 unspecified atom stereocenters. The zero-order valence-electron chi connectivity index (χ0n) is 15.8. The van der Waals surface area contributed by atoms with E-state index >= 15 is 0 Å². The third kappa shape index (κ3) is 4.05. The molecule has 1 aliphatic carbocycles. The summed E-state index contributed by atoms with van der Waals surface area (Å²) < 4.78 is 25.1. The highest BCUT2D eigenvalue weighted by Gasteiger charge is 2.21. The van der Waals surface area contributed by atoms with Crippen LogP contribution in [0, 0.1) is 0 Å². The van der Waals surface area contributed by atoms with Gasteiger partial charge in [0.1, 0.15) is 0 Å². The Labute approximate surface area is 166 Å². The molecule has 1 aliphatic heterocycles. The van der Waals surface area contributed by atoms with E-state index in [0.717, 1.165) is 56.3 Å². The number of fused-ring (bicyclic) bond motifs is 2. The summed E-state index contributed by atoms with van der Waals surface area (Å²) in [5, 5.41) is 0. The molecule has 0 bridgehead atoms. The summed E-state index contributed by atoms with van der Waals surface area (Å²) >= 11 is 0. The fraction of sp³-hybridized carbons (Fsp3) is 0.381. The van der Waals surface area contributed by atoms with Crippen LogP contribution >= 0.6 is 0 Å². The second-order valence-electron chi connectivity index (χ2n) is 7.45. The minimum absolute atomic E-state index is 0.115. The molecule has 0 fully saturated rings. The van der Waals surface area contributed by atoms with Crippen LogP contribution < -0.4 is 15.2 Å². The molecular weight excluding hydrogens is 374 g/mol. The first-order valence-corrected chi connectivity index (χ1v) is 11.3. The van der Waals surface area contributed by atoms with Gasteiger partial charge < -0.3 is 4.90 Å². The van der Waals surface area contributed by atoms with Gasteiger partial charge in [-0.3, -0.25) is 10.2 Å². The van der Waals surface area contributed by atoms with Crippen molar-refractivity contribution in [2.24, 2.45) is 0 Å². The summed E-state index contributed by atoms with van der Waals surface area (Å²) in [6.07, 6.45) is 6.10. The number of rotatable bonds is 5. The number of nitrogens with zero attached hydrogens (tertiary/aromatic N) is 1. The van der Waals surface area contributed by atoms with Crippen LogP contribution in [0.5, 0.6) is 0 Å². The van der Waals surface area contributed by atoms with Gasteiger partial charge in [-0.25, -0.2) is 8.42 Å². The number of aryl methyl sites for hydroxylation is 3. The average Bonchev–Trinajstić information content (AvgIpc) is 2.72. The zero-order chi connectivity index (χ0) is 19.6. The maximum absolute atomic E-state index is 12.6. The number of carbonyl (C=O) groups excluding carboxylic acids is 1. The van der Waals surface area contributed by atoms with Crippen LogP contribution in [0.4, 0.5) is 5.69 Å². The zero-order valence-corrected chi connectivity index (χ0v) is 16.6. The summed E-state index contributed by atoms with van der Waals surface area (Å²) in [6.45, 7) is 0.895. The molecule has 1 heterocycles. The lowest BCUT2D eigenvalue weighted by molar-refractivity contribution is -0.120. The Kier molecular flexibility index (Phi) is 5.37. The van der Waals surface area contributed by atoms with E-state index in [9.17, 15) is 13.2 Å². The van der Waals surface area contributed by atoms with Crippen LogP contribution in [0.2, 0.25) is 0 Å². The van der Waals surface area contributed by atoms with Crippen molar-refractivity contribution in [2.75, 3.05) is 18.0 Å². The molecule has 148 valence electrons. The summed E-state index contributed by atoms with van der Waals surface area (Å²) in [7, 11) is -3.79. The van der Waals surface area contributed by atoms with Crippen LogP contribution in [-0.4, -0.2) is 27.4 Å². The summed E-state index contributed by atoms with van der Waals surface area (Å²) in [5.41, 5.74) is 6.93. The van der Waals surface area contributed by atoms with Gasteiger partial charge in [-0.1, -0.05) is 24.3 Å². The average molecular weight is 400 g/mol. The Morgan fingerprint density at radius 3 is 2.54 bits per heavy atom. The number of amides is 1. The molecule has 6 nitrogen and oxygen atoms in total. The van der Waals surface area contributed by atoms with Gasteiger partial charge in [0.05, 0.1) is 11.4 Å². The maximum atomic E-state index is 12.6. The third-order valence-corrected chi connectivity index (χ3v) is 6.74. The highest BCUT2D eigenvalue weighted by atomic mass is 32.2. The van der Waals surface area contributed by atoms with E-state index in [1.54, 1.807) is 12.1 Å². The second kappa shape index (κ2) is 7.93. The highest BCUT2D eigenvalue weighted by Crippen LogP contribution is 2.26. The van der Waals surface area contributed by atoms with Crippen LogP contribution in [0.3, 0.4) is 0 Å². The van der Waals surface area contributed by atoms with Crippen molar-refractivity contribution in [3.05, 3.63) is 59.2 Å². The number of anilines is 1. The first kappa shape index (κ1) is 19.0. The van der Waals surface area contributed by atoms with E-state index in [1.165, 1.54) is 11.1 Å². The fourth-order valence-corrected chi connectivity index (χ4v) is 4.96. The molecule has 2 aromatic carbocycles.